The molecule has 26 heavy (non-hydrogen) atoms. The van der Waals surface area contributed by atoms with E-state index in [1.807, 2.05) is 0 Å². The van der Waals surface area contributed by atoms with Crippen LogP contribution in [0.4, 0.5) is 0 Å². The number of ketones is 2. The second-order valence-electron chi connectivity index (χ2n) is 6.16. The zero-order valence-corrected chi connectivity index (χ0v) is 14.1. The first-order valence-electron chi connectivity index (χ1n) is 7.89. The molecule has 0 aliphatic heterocycles. The molecule has 0 unspecified atom stereocenters. The van der Waals surface area contributed by atoms with Gasteiger partial charge in [-0.2, -0.15) is 0 Å². The smallest absolute Gasteiger partial charge is 0.320 e. The molecule has 0 N–H and O–H groups in total. The van der Waals surface area contributed by atoms with Crippen molar-refractivity contribution in [1.29, 1.82) is 0 Å². The molecule has 0 bridgehead atoms. The molecule has 4 rings (SSSR count). The Balaban J connectivity index is 1.85. The Morgan fingerprint density at radius 2 is 1.65 bits per heavy atom. The number of aromatic nitrogens is 4. The third-order valence-corrected chi connectivity index (χ3v) is 4.59. The van der Waals surface area contributed by atoms with Crippen molar-refractivity contribution in [1.82, 2.24) is 18.7 Å². The fourth-order valence-electron chi connectivity index (χ4n) is 3.19. The molecule has 1 aromatic carbocycles. The van der Waals surface area contributed by atoms with Crippen molar-refractivity contribution in [2.45, 2.75) is 6.54 Å². The number of carbonyl (C=O) groups excluding carboxylic acids is 2. The van der Waals surface area contributed by atoms with Crippen LogP contribution in [0.3, 0.4) is 0 Å². The number of hydrogen-bond acceptors (Lipinski definition) is 5. The number of benzene rings is 1. The number of fused-ring (bicyclic) bond motifs is 2. The lowest BCUT2D eigenvalue weighted by Gasteiger charge is -2.15. The zero-order chi connectivity index (χ0) is 18.6. The van der Waals surface area contributed by atoms with E-state index in [1.165, 1.54) is 35.6 Å². The van der Waals surface area contributed by atoms with Gasteiger partial charge in [0.1, 0.15) is 0 Å². The Kier molecular flexibility index (Phi) is 3.36. The van der Waals surface area contributed by atoms with Crippen LogP contribution in [0.25, 0.3) is 11.2 Å². The van der Waals surface area contributed by atoms with Gasteiger partial charge in [0.25, 0.3) is 5.56 Å². The highest BCUT2D eigenvalue weighted by Crippen LogP contribution is 2.22. The molecule has 0 atom stereocenters. The molecule has 0 fully saturated rings. The van der Waals surface area contributed by atoms with Crippen LogP contribution in [0.15, 0.2) is 51.8 Å². The standard InChI is InChI=1S/C18H14N4O4/c1-20-16-14(17(25)21(2)18(20)26)22(9-19-16)8-10-7-13(23)11-5-3-4-6-12(11)15(10)24/h3-7,9H,8H2,1-2H3. The summed E-state index contributed by atoms with van der Waals surface area (Å²) in [7, 11) is 2.90. The Hall–Kier alpha value is -3.55. The van der Waals surface area contributed by atoms with E-state index < -0.39 is 11.2 Å². The molecule has 130 valence electrons. The zero-order valence-electron chi connectivity index (χ0n) is 14.1. The third-order valence-electron chi connectivity index (χ3n) is 4.59. The van der Waals surface area contributed by atoms with Gasteiger partial charge in [0.15, 0.2) is 22.7 Å². The number of aryl methyl sites for hydroxylation is 1. The van der Waals surface area contributed by atoms with E-state index >= 15 is 0 Å². The topological polar surface area (TPSA) is 96.0 Å². The average molecular weight is 350 g/mol. The van der Waals surface area contributed by atoms with Crippen molar-refractivity contribution >= 4 is 22.7 Å². The van der Waals surface area contributed by atoms with Crippen LogP contribution in [0, 0.1) is 0 Å². The normalized spacial score (nSPS) is 13.8. The number of allylic oxidation sites excluding steroid dienone is 2. The number of Topliss-reactive ketones (excluding diaryl/α,β-unsaturated/α-hetero) is 1. The van der Waals surface area contributed by atoms with E-state index in [0.717, 1.165) is 4.57 Å². The van der Waals surface area contributed by atoms with Crippen LogP contribution in [0.5, 0.6) is 0 Å². The van der Waals surface area contributed by atoms with Gasteiger partial charge in [-0.15, -0.1) is 0 Å². The molecule has 8 nitrogen and oxygen atoms in total. The number of hydrogen-bond donors (Lipinski definition) is 0. The van der Waals surface area contributed by atoms with Gasteiger partial charge in [0.05, 0.1) is 12.9 Å². The summed E-state index contributed by atoms with van der Waals surface area (Å²) < 4.78 is 3.74. The maximum Gasteiger partial charge on any atom is 0.332 e. The largest absolute Gasteiger partial charge is 0.332 e. The quantitative estimate of drug-likeness (QED) is 0.668. The summed E-state index contributed by atoms with van der Waals surface area (Å²) >= 11 is 0. The summed E-state index contributed by atoms with van der Waals surface area (Å²) in [5, 5.41) is 0. The molecular weight excluding hydrogens is 336 g/mol. The fraction of sp³-hybridized carbons (Fsp3) is 0.167. The Labute approximate surface area is 146 Å². The molecule has 0 radical (unpaired) electrons. The molecule has 0 spiro atoms. The summed E-state index contributed by atoms with van der Waals surface area (Å²) in [4.78, 5) is 53.6. The molecule has 0 saturated carbocycles. The molecule has 2 heterocycles. The maximum atomic E-state index is 12.7. The van der Waals surface area contributed by atoms with Gasteiger partial charge in [-0.05, 0) is 6.08 Å². The number of rotatable bonds is 2. The van der Waals surface area contributed by atoms with E-state index in [9.17, 15) is 19.2 Å². The van der Waals surface area contributed by atoms with Gasteiger partial charge in [-0.3, -0.25) is 23.5 Å². The van der Waals surface area contributed by atoms with E-state index in [0.29, 0.717) is 11.1 Å². The minimum atomic E-state index is -0.504. The summed E-state index contributed by atoms with van der Waals surface area (Å²) in [6.45, 7) is 0.0167. The number of carbonyl (C=O) groups is 2. The second-order valence-corrected chi connectivity index (χ2v) is 6.16. The summed E-state index contributed by atoms with van der Waals surface area (Å²) in [6, 6.07) is 6.62. The molecule has 0 amide bonds. The predicted octanol–water partition coefficient (Wildman–Crippen LogP) is 0.439. The van der Waals surface area contributed by atoms with Crippen molar-refractivity contribution < 1.29 is 9.59 Å². The fourth-order valence-corrected chi connectivity index (χ4v) is 3.19. The summed E-state index contributed by atoms with van der Waals surface area (Å²) in [5.74, 6) is -0.511. The van der Waals surface area contributed by atoms with E-state index in [4.69, 9.17) is 0 Å². The molecule has 3 aromatic rings. The van der Waals surface area contributed by atoms with Gasteiger partial charge in [-0.1, -0.05) is 24.3 Å². The monoisotopic (exact) mass is 350 g/mol. The van der Waals surface area contributed by atoms with Gasteiger partial charge in [0, 0.05) is 30.8 Å². The first-order valence-corrected chi connectivity index (χ1v) is 7.89. The SMILES string of the molecule is Cn1c(=O)c2c(ncn2CC2=CC(=O)c3ccccc3C2=O)n(C)c1=O. The Morgan fingerprint density at radius 1 is 0.962 bits per heavy atom. The summed E-state index contributed by atoms with van der Waals surface area (Å²) in [6.07, 6.45) is 2.69. The van der Waals surface area contributed by atoms with Gasteiger partial charge >= 0.3 is 5.69 Å². The first-order chi connectivity index (χ1) is 12.4. The van der Waals surface area contributed by atoms with Crippen molar-refractivity contribution in [3.63, 3.8) is 0 Å². The van der Waals surface area contributed by atoms with Crippen LogP contribution < -0.4 is 11.2 Å². The van der Waals surface area contributed by atoms with Crippen molar-refractivity contribution in [2.24, 2.45) is 14.1 Å². The number of imidazole rings is 1. The van der Waals surface area contributed by atoms with E-state index in [1.54, 1.807) is 24.3 Å². The Bertz CT molecular complexity index is 1260. The van der Waals surface area contributed by atoms with Crippen molar-refractivity contribution in [2.75, 3.05) is 0 Å². The van der Waals surface area contributed by atoms with Crippen LogP contribution in [-0.4, -0.2) is 30.3 Å². The Morgan fingerprint density at radius 3 is 2.38 bits per heavy atom. The van der Waals surface area contributed by atoms with Crippen LogP contribution in [0.1, 0.15) is 20.7 Å². The lowest BCUT2D eigenvalue weighted by Crippen LogP contribution is -2.37. The maximum absolute atomic E-state index is 12.7. The number of nitrogens with zero attached hydrogens (tertiary/aromatic N) is 4. The van der Waals surface area contributed by atoms with Crippen LogP contribution >= 0.6 is 0 Å². The van der Waals surface area contributed by atoms with E-state index in [2.05, 4.69) is 4.98 Å². The van der Waals surface area contributed by atoms with Crippen LogP contribution in [-0.2, 0) is 20.6 Å². The molecule has 2 aromatic heterocycles. The lowest BCUT2D eigenvalue weighted by molar-refractivity contribution is 0.0980. The van der Waals surface area contributed by atoms with Gasteiger partial charge in [-0.25, -0.2) is 9.78 Å². The minimum Gasteiger partial charge on any atom is -0.320 e. The molecule has 8 heteroatoms. The third kappa shape index (κ3) is 2.12. The van der Waals surface area contributed by atoms with Crippen molar-refractivity contribution in [3.05, 3.63) is 74.2 Å². The van der Waals surface area contributed by atoms with Gasteiger partial charge < -0.3 is 4.57 Å². The molecular formula is C18H14N4O4. The predicted molar refractivity (Wildman–Crippen MR) is 93.4 cm³/mol. The highest BCUT2D eigenvalue weighted by atomic mass is 16.2. The second kappa shape index (κ2) is 5.48. The lowest BCUT2D eigenvalue weighted by atomic mass is 9.89. The molecule has 1 aliphatic carbocycles. The minimum absolute atomic E-state index is 0.0167. The highest BCUT2D eigenvalue weighted by Gasteiger charge is 2.26. The molecule has 0 saturated heterocycles. The highest BCUT2D eigenvalue weighted by molar-refractivity contribution is 6.24. The average Bonchev–Trinajstić information content (AvgIpc) is 3.06. The van der Waals surface area contributed by atoms with Crippen LogP contribution in [0.2, 0.25) is 0 Å². The first kappa shape index (κ1) is 15.9. The summed E-state index contributed by atoms with van der Waals surface area (Å²) in [5.41, 5.74) is 0.433. The van der Waals surface area contributed by atoms with E-state index in [-0.39, 0.29) is 34.8 Å². The molecule has 1 aliphatic rings. The van der Waals surface area contributed by atoms with Gasteiger partial charge in [0.2, 0.25) is 0 Å². The van der Waals surface area contributed by atoms with Crippen molar-refractivity contribution in [3.8, 4) is 0 Å².